The highest BCUT2D eigenvalue weighted by atomic mass is 19.1. The number of ketones is 2. The third-order valence-electron chi connectivity index (χ3n) is 8.36. The maximum absolute atomic E-state index is 16.8. The van der Waals surface area contributed by atoms with Crippen molar-refractivity contribution in [3.05, 3.63) is 36.0 Å². The Bertz CT molecular complexity index is 847. The monoisotopic (exact) mass is 392 g/mol. The standard InChI is InChI=1S/C22H26F2O4/c1-12-8-16-15-5-4-13-9-14(25)6-7-19(13,2)21(15,24)17(26)10-20(16,3)22(12,28)18(27)11-23/h6-7,9,15-17,26,28H,1,4-5,8,10-11H2,2-3H3/t15-,16-,17?,19-,20-,21-,22-/m0/s1. The van der Waals surface area contributed by atoms with Crippen molar-refractivity contribution in [1.29, 1.82) is 0 Å². The van der Waals surface area contributed by atoms with Gasteiger partial charge in [0.15, 0.2) is 29.5 Å². The molecular formula is C22H26F2O4. The lowest BCUT2D eigenvalue weighted by Gasteiger charge is -2.62. The van der Waals surface area contributed by atoms with E-state index in [1.807, 2.05) is 0 Å². The van der Waals surface area contributed by atoms with Gasteiger partial charge in [-0.3, -0.25) is 9.59 Å². The summed E-state index contributed by atoms with van der Waals surface area (Å²) in [6, 6.07) is 0. The number of aliphatic hydroxyl groups excluding tert-OH is 1. The number of rotatable bonds is 2. The lowest BCUT2D eigenvalue weighted by atomic mass is 9.44. The minimum atomic E-state index is -2.11. The van der Waals surface area contributed by atoms with Crippen molar-refractivity contribution in [3.8, 4) is 0 Å². The second-order valence-corrected chi connectivity index (χ2v) is 9.34. The summed E-state index contributed by atoms with van der Waals surface area (Å²) >= 11 is 0. The van der Waals surface area contributed by atoms with Gasteiger partial charge in [0, 0.05) is 16.7 Å². The lowest BCUT2D eigenvalue weighted by Crippen LogP contribution is -2.69. The Balaban J connectivity index is 1.85. The van der Waals surface area contributed by atoms with Crippen molar-refractivity contribution >= 4 is 11.6 Å². The van der Waals surface area contributed by atoms with Crippen LogP contribution >= 0.6 is 0 Å². The summed E-state index contributed by atoms with van der Waals surface area (Å²) in [5.74, 6) is -2.29. The molecule has 28 heavy (non-hydrogen) atoms. The fourth-order valence-corrected chi connectivity index (χ4v) is 6.78. The maximum Gasteiger partial charge on any atom is 0.199 e. The summed E-state index contributed by atoms with van der Waals surface area (Å²) in [6.45, 7) is 5.83. The van der Waals surface area contributed by atoms with Crippen molar-refractivity contribution in [2.75, 3.05) is 6.67 Å². The Kier molecular flexibility index (Phi) is 4.00. The van der Waals surface area contributed by atoms with E-state index in [4.69, 9.17) is 0 Å². The Morgan fingerprint density at radius 1 is 1.36 bits per heavy atom. The van der Waals surface area contributed by atoms with Gasteiger partial charge >= 0.3 is 0 Å². The highest BCUT2D eigenvalue weighted by Gasteiger charge is 2.74. The zero-order chi connectivity index (χ0) is 20.7. The van der Waals surface area contributed by atoms with Crippen LogP contribution in [0.3, 0.4) is 0 Å². The number of allylic oxidation sites excluding steroid dienone is 4. The van der Waals surface area contributed by atoms with Gasteiger partial charge < -0.3 is 10.2 Å². The molecular weight excluding hydrogens is 366 g/mol. The first-order chi connectivity index (χ1) is 13.0. The molecule has 152 valence electrons. The number of Topliss-reactive ketones (excluding diaryl/α,β-unsaturated/α-hetero) is 1. The van der Waals surface area contributed by atoms with Gasteiger partial charge in [-0.1, -0.05) is 25.2 Å². The highest BCUT2D eigenvalue weighted by molar-refractivity contribution is 6.01. The van der Waals surface area contributed by atoms with E-state index in [1.54, 1.807) is 19.9 Å². The fourth-order valence-electron chi connectivity index (χ4n) is 6.78. The number of carbonyl (C=O) groups is 2. The number of halogens is 2. The summed E-state index contributed by atoms with van der Waals surface area (Å²) in [5.41, 5.74) is -5.64. The molecule has 0 spiro atoms. The van der Waals surface area contributed by atoms with Crippen LogP contribution in [0, 0.1) is 22.7 Å². The summed E-state index contributed by atoms with van der Waals surface area (Å²) in [6.07, 6.45) is 3.75. The summed E-state index contributed by atoms with van der Waals surface area (Å²) in [7, 11) is 0. The molecule has 0 aliphatic heterocycles. The van der Waals surface area contributed by atoms with E-state index in [0.29, 0.717) is 18.4 Å². The molecule has 7 atom stereocenters. The molecule has 4 aliphatic carbocycles. The van der Waals surface area contributed by atoms with Crippen LogP contribution in [0.4, 0.5) is 8.78 Å². The molecule has 3 fully saturated rings. The molecule has 4 nitrogen and oxygen atoms in total. The van der Waals surface area contributed by atoms with Gasteiger partial charge in [0.2, 0.25) is 0 Å². The number of hydrogen-bond acceptors (Lipinski definition) is 4. The first kappa shape index (κ1) is 19.6. The number of hydrogen-bond donors (Lipinski definition) is 2. The smallest absolute Gasteiger partial charge is 0.199 e. The van der Waals surface area contributed by atoms with Crippen LogP contribution in [0.5, 0.6) is 0 Å². The molecule has 4 rings (SSSR count). The number of carbonyl (C=O) groups excluding carboxylic acids is 2. The van der Waals surface area contributed by atoms with Gasteiger partial charge in [0.1, 0.15) is 0 Å². The molecule has 4 aliphatic rings. The molecule has 0 heterocycles. The van der Waals surface area contributed by atoms with E-state index >= 15 is 4.39 Å². The molecule has 0 aromatic heterocycles. The van der Waals surface area contributed by atoms with Crippen LogP contribution in [-0.4, -0.2) is 45.8 Å². The van der Waals surface area contributed by atoms with Crippen molar-refractivity contribution < 1.29 is 28.6 Å². The van der Waals surface area contributed by atoms with Gasteiger partial charge in [-0.05, 0) is 56.3 Å². The Morgan fingerprint density at radius 2 is 2.04 bits per heavy atom. The fraction of sp³-hybridized carbons (Fsp3) is 0.636. The zero-order valence-corrected chi connectivity index (χ0v) is 16.2. The summed E-state index contributed by atoms with van der Waals surface area (Å²) in [4.78, 5) is 24.2. The van der Waals surface area contributed by atoms with Crippen molar-refractivity contribution in [3.63, 3.8) is 0 Å². The van der Waals surface area contributed by atoms with Gasteiger partial charge in [-0.15, -0.1) is 0 Å². The third kappa shape index (κ3) is 1.96. The van der Waals surface area contributed by atoms with E-state index < -0.39 is 52.5 Å². The quantitative estimate of drug-likeness (QED) is 0.709. The Morgan fingerprint density at radius 3 is 2.68 bits per heavy atom. The summed E-state index contributed by atoms with van der Waals surface area (Å²) in [5, 5.41) is 22.3. The second kappa shape index (κ2) is 5.70. The molecule has 0 amide bonds. The topological polar surface area (TPSA) is 74.6 Å². The number of alkyl halides is 2. The van der Waals surface area contributed by atoms with Crippen LogP contribution in [0.2, 0.25) is 0 Å². The second-order valence-electron chi connectivity index (χ2n) is 9.34. The van der Waals surface area contributed by atoms with E-state index in [0.717, 1.165) is 0 Å². The molecule has 0 aromatic carbocycles. The van der Waals surface area contributed by atoms with Crippen molar-refractivity contribution in [2.24, 2.45) is 22.7 Å². The van der Waals surface area contributed by atoms with Gasteiger partial charge in [0.05, 0.1) is 6.10 Å². The van der Waals surface area contributed by atoms with E-state index in [1.165, 1.54) is 12.2 Å². The van der Waals surface area contributed by atoms with Crippen molar-refractivity contribution in [1.82, 2.24) is 0 Å². The minimum Gasteiger partial charge on any atom is -0.390 e. The molecule has 0 bridgehead atoms. The minimum absolute atomic E-state index is 0.184. The molecule has 3 saturated carbocycles. The molecule has 0 radical (unpaired) electrons. The van der Waals surface area contributed by atoms with Crippen LogP contribution in [0.1, 0.15) is 39.5 Å². The first-order valence-electron chi connectivity index (χ1n) is 9.78. The molecule has 0 aromatic rings. The first-order valence-corrected chi connectivity index (χ1v) is 9.78. The van der Waals surface area contributed by atoms with Gasteiger partial charge in [0.25, 0.3) is 0 Å². The average molecular weight is 392 g/mol. The maximum atomic E-state index is 16.8. The largest absolute Gasteiger partial charge is 0.390 e. The van der Waals surface area contributed by atoms with Gasteiger partial charge in [-0.25, -0.2) is 8.78 Å². The zero-order valence-electron chi connectivity index (χ0n) is 16.2. The van der Waals surface area contributed by atoms with E-state index in [-0.39, 0.29) is 24.2 Å². The van der Waals surface area contributed by atoms with Crippen LogP contribution < -0.4 is 0 Å². The SMILES string of the molecule is C=C1C[C@H]2[C@@H]3CCC4=CC(=O)C=C[C@]4(C)[C@@]3(F)C(O)C[C@]2(C)[C@@]1(O)C(=O)CF. The van der Waals surface area contributed by atoms with E-state index in [9.17, 15) is 24.2 Å². The molecule has 0 saturated heterocycles. The van der Waals surface area contributed by atoms with Crippen LogP contribution in [0.25, 0.3) is 0 Å². The third-order valence-corrected chi connectivity index (χ3v) is 8.36. The van der Waals surface area contributed by atoms with Crippen LogP contribution in [0.15, 0.2) is 36.0 Å². The highest BCUT2D eigenvalue weighted by Crippen LogP contribution is 2.70. The predicted octanol–water partition coefficient (Wildman–Crippen LogP) is 2.79. The molecule has 1 unspecified atom stereocenters. The van der Waals surface area contributed by atoms with E-state index in [2.05, 4.69) is 6.58 Å². The van der Waals surface area contributed by atoms with Crippen molar-refractivity contribution in [2.45, 2.75) is 56.9 Å². The average Bonchev–Trinajstić information content (AvgIpc) is 2.84. The predicted molar refractivity (Wildman–Crippen MR) is 98.8 cm³/mol. The molecule has 6 heteroatoms. The number of aliphatic hydroxyl groups is 2. The van der Waals surface area contributed by atoms with Crippen LogP contribution in [-0.2, 0) is 9.59 Å². The Hall–Kier alpha value is -1.66. The molecule has 2 N–H and O–H groups in total. The van der Waals surface area contributed by atoms with Gasteiger partial charge in [-0.2, -0.15) is 0 Å². The summed E-state index contributed by atoms with van der Waals surface area (Å²) < 4.78 is 30.1. The lowest BCUT2D eigenvalue weighted by molar-refractivity contribution is -0.214. The number of fused-ring (bicyclic) bond motifs is 5. The Labute approximate surface area is 163 Å². The normalized spacial score (nSPS) is 49.9.